The van der Waals surface area contributed by atoms with Crippen molar-refractivity contribution in [1.82, 2.24) is 9.97 Å². The van der Waals surface area contributed by atoms with Gasteiger partial charge in [0.2, 0.25) is 5.88 Å². The normalized spacial score (nSPS) is 15.4. The van der Waals surface area contributed by atoms with E-state index in [9.17, 15) is 5.11 Å². The molecule has 0 unspecified atom stereocenters. The van der Waals surface area contributed by atoms with Crippen molar-refractivity contribution < 1.29 is 5.11 Å². The van der Waals surface area contributed by atoms with Crippen LogP contribution in [0.15, 0.2) is 35.0 Å². The van der Waals surface area contributed by atoms with Crippen molar-refractivity contribution in [3.05, 3.63) is 51.0 Å². The molecule has 2 aromatic rings. The predicted molar refractivity (Wildman–Crippen MR) is 67.3 cm³/mol. The lowest BCUT2D eigenvalue weighted by atomic mass is 10.2. The van der Waals surface area contributed by atoms with Crippen LogP contribution in [0.25, 0.3) is 12.2 Å². The van der Waals surface area contributed by atoms with E-state index in [2.05, 4.69) is 15.0 Å². The van der Waals surface area contributed by atoms with Crippen LogP contribution in [0.5, 0.6) is 5.88 Å². The minimum Gasteiger partial charge on any atom is -0.493 e. The standard InChI is InChI=1S/C12H9N3OS/c16-11-10(14-12(17)15-11)6-8-5-7-3-1-2-4-9(7)13-8/h1-6,16H,(H2,14,15,17). The van der Waals surface area contributed by atoms with Crippen molar-refractivity contribution in [2.24, 2.45) is 4.99 Å². The molecule has 0 saturated heterocycles. The van der Waals surface area contributed by atoms with Crippen molar-refractivity contribution in [2.75, 3.05) is 0 Å². The zero-order chi connectivity index (χ0) is 11.8. The van der Waals surface area contributed by atoms with Crippen molar-refractivity contribution in [3.63, 3.8) is 0 Å². The van der Waals surface area contributed by atoms with E-state index in [1.807, 2.05) is 30.3 Å². The number of aromatic hydroxyl groups is 1. The smallest absolute Gasteiger partial charge is 0.215 e. The summed E-state index contributed by atoms with van der Waals surface area (Å²) in [6.45, 7) is 0. The Morgan fingerprint density at radius 2 is 2.06 bits per heavy atom. The van der Waals surface area contributed by atoms with Gasteiger partial charge >= 0.3 is 0 Å². The Balaban J connectivity index is 2.12. The Hall–Kier alpha value is -2.14. The summed E-state index contributed by atoms with van der Waals surface area (Å²) in [7, 11) is 0. The SMILES string of the molecule is Oc1[nH]c(=S)[nH]c1C=C1C=c2ccccc2=N1. The second-order valence-corrected chi connectivity index (χ2v) is 4.13. The molecule has 84 valence electrons. The number of para-hydroxylation sites is 1. The molecule has 0 fully saturated rings. The van der Waals surface area contributed by atoms with Gasteiger partial charge in [0, 0.05) is 5.22 Å². The fraction of sp³-hybridized carbons (Fsp3) is 0. The lowest BCUT2D eigenvalue weighted by molar-refractivity contribution is 0.455. The van der Waals surface area contributed by atoms with E-state index >= 15 is 0 Å². The molecular formula is C12H9N3OS. The van der Waals surface area contributed by atoms with Crippen molar-refractivity contribution in [1.29, 1.82) is 0 Å². The Morgan fingerprint density at radius 3 is 2.76 bits per heavy atom. The van der Waals surface area contributed by atoms with Crippen molar-refractivity contribution in [3.8, 4) is 5.88 Å². The van der Waals surface area contributed by atoms with Crippen LogP contribution in [0.2, 0.25) is 0 Å². The van der Waals surface area contributed by atoms with Gasteiger partial charge in [0.05, 0.1) is 11.1 Å². The van der Waals surface area contributed by atoms with Gasteiger partial charge in [-0.05, 0) is 30.4 Å². The number of fused-ring (bicyclic) bond motifs is 1. The summed E-state index contributed by atoms with van der Waals surface area (Å²) < 4.78 is 0.393. The van der Waals surface area contributed by atoms with E-state index in [1.54, 1.807) is 6.08 Å². The third-order valence-corrected chi connectivity index (χ3v) is 2.72. The summed E-state index contributed by atoms with van der Waals surface area (Å²) >= 11 is 4.89. The van der Waals surface area contributed by atoms with Crippen LogP contribution in [0, 0.1) is 4.77 Å². The van der Waals surface area contributed by atoms with Gasteiger partial charge in [-0.25, -0.2) is 4.99 Å². The maximum atomic E-state index is 9.56. The van der Waals surface area contributed by atoms with Crippen molar-refractivity contribution >= 4 is 24.4 Å². The first kappa shape index (κ1) is 10.0. The molecule has 1 aromatic heterocycles. The van der Waals surface area contributed by atoms with Crippen molar-refractivity contribution in [2.45, 2.75) is 0 Å². The number of allylic oxidation sites excluding steroid dienone is 1. The summed E-state index contributed by atoms with van der Waals surface area (Å²) in [5, 5.41) is 11.6. The first-order valence-corrected chi connectivity index (χ1v) is 5.52. The van der Waals surface area contributed by atoms with Crippen LogP contribution >= 0.6 is 12.2 Å². The van der Waals surface area contributed by atoms with Gasteiger partial charge in [0.15, 0.2) is 4.77 Å². The lowest BCUT2D eigenvalue weighted by Gasteiger charge is -1.89. The molecule has 1 aliphatic heterocycles. The molecule has 3 N–H and O–H groups in total. The zero-order valence-corrected chi connectivity index (χ0v) is 9.58. The van der Waals surface area contributed by atoms with Gasteiger partial charge < -0.3 is 15.1 Å². The van der Waals surface area contributed by atoms with Gasteiger partial charge in [-0.3, -0.25) is 0 Å². The first-order chi connectivity index (χ1) is 8.22. The molecule has 1 aliphatic rings. The molecule has 4 nitrogen and oxygen atoms in total. The summed E-state index contributed by atoms with van der Waals surface area (Å²) in [6, 6.07) is 7.86. The Kier molecular flexibility index (Phi) is 2.19. The summed E-state index contributed by atoms with van der Waals surface area (Å²) in [6.07, 6.45) is 3.71. The number of H-pyrrole nitrogens is 2. The largest absolute Gasteiger partial charge is 0.493 e. The zero-order valence-electron chi connectivity index (χ0n) is 8.77. The number of nitrogens with one attached hydrogen (secondary N) is 2. The second kappa shape index (κ2) is 3.71. The molecule has 0 amide bonds. The molecule has 0 aliphatic carbocycles. The van der Waals surface area contributed by atoms with Crippen LogP contribution in [0.4, 0.5) is 0 Å². The minimum absolute atomic E-state index is 0.0297. The van der Waals surface area contributed by atoms with E-state index in [-0.39, 0.29) is 5.88 Å². The van der Waals surface area contributed by atoms with Crippen LogP contribution in [-0.2, 0) is 0 Å². The molecule has 5 heteroatoms. The number of imidazole rings is 1. The van der Waals surface area contributed by atoms with Crippen LogP contribution in [0.3, 0.4) is 0 Å². The topological polar surface area (TPSA) is 64.2 Å². The van der Waals surface area contributed by atoms with E-state index in [1.165, 1.54) is 0 Å². The van der Waals surface area contributed by atoms with E-state index < -0.39 is 0 Å². The number of hydrogen-bond donors (Lipinski definition) is 3. The molecule has 2 heterocycles. The quantitative estimate of drug-likeness (QED) is 0.660. The van der Waals surface area contributed by atoms with E-state index in [0.29, 0.717) is 10.5 Å². The fourth-order valence-electron chi connectivity index (χ4n) is 1.76. The van der Waals surface area contributed by atoms with Gasteiger partial charge in [-0.2, -0.15) is 0 Å². The molecule has 17 heavy (non-hydrogen) atoms. The monoisotopic (exact) mass is 243 g/mol. The highest BCUT2D eigenvalue weighted by molar-refractivity contribution is 7.71. The Bertz CT molecular complexity index is 746. The minimum atomic E-state index is 0.0297. The maximum Gasteiger partial charge on any atom is 0.215 e. The van der Waals surface area contributed by atoms with Crippen LogP contribution < -0.4 is 10.6 Å². The molecule has 0 radical (unpaired) electrons. The lowest BCUT2D eigenvalue weighted by Crippen LogP contribution is -2.19. The number of nitrogens with zero attached hydrogens (tertiary/aromatic N) is 1. The maximum absolute atomic E-state index is 9.56. The highest BCUT2D eigenvalue weighted by Crippen LogP contribution is 2.16. The highest BCUT2D eigenvalue weighted by Gasteiger charge is 2.04. The number of aromatic nitrogens is 2. The van der Waals surface area contributed by atoms with Gasteiger partial charge in [0.1, 0.15) is 5.69 Å². The molecule has 0 bridgehead atoms. The van der Waals surface area contributed by atoms with Gasteiger partial charge in [0.25, 0.3) is 0 Å². The predicted octanol–water partition coefficient (Wildman–Crippen LogP) is 1.23. The highest BCUT2D eigenvalue weighted by atomic mass is 32.1. The van der Waals surface area contributed by atoms with Gasteiger partial charge in [-0.1, -0.05) is 18.2 Å². The van der Waals surface area contributed by atoms with Crippen LogP contribution in [0.1, 0.15) is 5.69 Å². The van der Waals surface area contributed by atoms with Crippen LogP contribution in [-0.4, -0.2) is 15.1 Å². The number of benzene rings is 1. The number of rotatable bonds is 1. The number of aromatic amines is 2. The van der Waals surface area contributed by atoms with E-state index in [0.717, 1.165) is 16.3 Å². The Morgan fingerprint density at radius 1 is 1.24 bits per heavy atom. The third-order valence-electron chi connectivity index (χ3n) is 2.52. The molecule has 0 atom stereocenters. The van der Waals surface area contributed by atoms with E-state index in [4.69, 9.17) is 12.2 Å². The first-order valence-electron chi connectivity index (χ1n) is 5.11. The molecule has 0 spiro atoms. The fourth-order valence-corrected chi connectivity index (χ4v) is 1.96. The summed E-state index contributed by atoms with van der Waals surface area (Å²) in [5.41, 5.74) is 1.32. The number of hydrogen-bond acceptors (Lipinski definition) is 3. The molecule has 0 saturated carbocycles. The molecule has 1 aromatic carbocycles. The third kappa shape index (κ3) is 1.81. The second-order valence-electron chi connectivity index (χ2n) is 3.73. The average Bonchev–Trinajstić information content (AvgIpc) is 2.82. The summed E-state index contributed by atoms with van der Waals surface area (Å²) in [4.78, 5) is 9.89. The molecular weight excluding hydrogens is 234 g/mol. The Labute approximate surface area is 102 Å². The summed E-state index contributed by atoms with van der Waals surface area (Å²) in [5.74, 6) is 0.0297. The molecule has 3 rings (SSSR count). The van der Waals surface area contributed by atoms with Gasteiger partial charge in [-0.15, -0.1) is 0 Å². The average molecular weight is 243 g/mol.